The van der Waals surface area contributed by atoms with E-state index < -0.39 is 0 Å². The van der Waals surface area contributed by atoms with Crippen molar-refractivity contribution >= 4 is 16.7 Å². The topological polar surface area (TPSA) is 55.6 Å². The minimum Gasteiger partial charge on any atom is -0.496 e. The van der Waals surface area contributed by atoms with Crippen LogP contribution in [0.4, 0.5) is 0 Å². The van der Waals surface area contributed by atoms with E-state index in [9.17, 15) is 4.79 Å². The highest BCUT2D eigenvalue weighted by Crippen LogP contribution is 2.32. The number of fused-ring (bicyclic) bond motifs is 1. The van der Waals surface area contributed by atoms with Gasteiger partial charge in [0.15, 0.2) is 0 Å². The molecular formula is C19H24N2O2. The molecule has 0 bridgehead atoms. The summed E-state index contributed by atoms with van der Waals surface area (Å²) in [6, 6.07) is 11.8. The van der Waals surface area contributed by atoms with Crippen molar-refractivity contribution in [3.63, 3.8) is 0 Å². The standard InChI is InChI=1S/C19H24N2O2/c1-19(2)12-21(11-10-17(19)20)18(22)15-8-9-16(23-3)14-7-5-4-6-13(14)15/h4-9,17H,10-12,20H2,1-3H3. The van der Waals surface area contributed by atoms with Crippen molar-refractivity contribution in [1.82, 2.24) is 4.90 Å². The molecule has 4 heteroatoms. The lowest BCUT2D eigenvalue weighted by Crippen LogP contribution is -2.54. The van der Waals surface area contributed by atoms with Crippen LogP contribution in [-0.4, -0.2) is 37.0 Å². The number of amides is 1. The smallest absolute Gasteiger partial charge is 0.254 e. The third-order valence-corrected chi connectivity index (χ3v) is 4.93. The van der Waals surface area contributed by atoms with Crippen LogP contribution in [0.1, 0.15) is 30.6 Å². The molecule has 1 fully saturated rings. The molecule has 1 saturated heterocycles. The molecule has 1 heterocycles. The number of benzene rings is 2. The van der Waals surface area contributed by atoms with Crippen LogP contribution < -0.4 is 10.5 Å². The summed E-state index contributed by atoms with van der Waals surface area (Å²) in [4.78, 5) is 15.0. The minimum absolute atomic E-state index is 0.0593. The van der Waals surface area contributed by atoms with Gasteiger partial charge in [-0.1, -0.05) is 38.1 Å². The molecule has 1 unspecified atom stereocenters. The van der Waals surface area contributed by atoms with Crippen LogP contribution >= 0.6 is 0 Å². The van der Waals surface area contributed by atoms with Crippen molar-refractivity contribution in [1.29, 1.82) is 0 Å². The zero-order chi connectivity index (χ0) is 16.6. The van der Waals surface area contributed by atoms with E-state index in [1.807, 2.05) is 41.3 Å². The first-order chi connectivity index (χ1) is 10.9. The molecule has 3 rings (SSSR count). The number of hydrogen-bond acceptors (Lipinski definition) is 3. The van der Waals surface area contributed by atoms with Gasteiger partial charge in [-0.15, -0.1) is 0 Å². The number of rotatable bonds is 2. The van der Waals surface area contributed by atoms with E-state index >= 15 is 0 Å². The maximum atomic E-state index is 13.1. The van der Waals surface area contributed by atoms with E-state index in [-0.39, 0.29) is 17.4 Å². The summed E-state index contributed by atoms with van der Waals surface area (Å²) < 4.78 is 5.41. The number of hydrogen-bond donors (Lipinski definition) is 1. The second kappa shape index (κ2) is 5.85. The van der Waals surface area contributed by atoms with E-state index in [0.717, 1.165) is 28.5 Å². The van der Waals surface area contributed by atoms with Gasteiger partial charge < -0.3 is 15.4 Å². The van der Waals surface area contributed by atoms with Crippen molar-refractivity contribution in [2.24, 2.45) is 11.1 Å². The predicted octanol–water partition coefficient (Wildman–Crippen LogP) is 3.05. The molecule has 0 aromatic heterocycles. The summed E-state index contributed by atoms with van der Waals surface area (Å²) in [5, 5.41) is 1.90. The van der Waals surface area contributed by atoms with E-state index in [4.69, 9.17) is 10.5 Å². The first-order valence-corrected chi connectivity index (χ1v) is 8.04. The van der Waals surface area contributed by atoms with E-state index in [1.165, 1.54) is 0 Å². The monoisotopic (exact) mass is 312 g/mol. The Bertz CT molecular complexity index is 739. The average molecular weight is 312 g/mol. The molecule has 2 aromatic rings. The molecule has 0 spiro atoms. The fourth-order valence-electron chi connectivity index (χ4n) is 3.35. The second-order valence-electron chi connectivity index (χ2n) is 6.97. The van der Waals surface area contributed by atoms with Gasteiger partial charge in [-0.05, 0) is 29.4 Å². The van der Waals surface area contributed by atoms with Crippen molar-refractivity contribution in [2.45, 2.75) is 26.3 Å². The largest absolute Gasteiger partial charge is 0.496 e. The molecule has 0 radical (unpaired) electrons. The van der Waals surface area contributed by atoms with Gasteiger partial charge in [0.1, 0.15) is 5.75 Å². The van der Waals surface area contributed by atoms with E-state index in [1.54, 1.807) is 7.11 Å². The molecule has 122 valence electrons. The van der Waals surface area contributed by atoms with Crippen molar-refractivity contribution in [3.8, 4) is 5.75 Å². The summed E-state index contributed by atoms with van der Waals surface area (Å²) in [6.45, 7) is 5.66. The molecule has 1 aliphatic heterocycles. The molecule has 1 atom stereocenters. The van der Waals surface area contributed by atoms with Gasteiger partial charge >= 0.3 is 0 Å². The molecule has 2 aromatic carbocycles. The highest BCUT2D eigenvalue weighted by Gasteiger charge is 2.35. The Morgan fingerprint density at radius 3 is 2.57 bits per heavy atom. The van der Waals surface area contributed by atoms with Crippen LogP contribution in [0, 0.1) is 5.41 Å². The third kappa shape index (κ3) is 2.79. The number of carbonyl (C=O) groups is 1. The highest BCUT2D eigenvalue weighted by atomic mass is 16.5. The Hall–Kier alpha value is -2.07. The van der Waals surface area contributed by atoms with Crippen LogP contribution in [0.15, 0.2) is 36.4 Å². The Morgan fingerprint density at radius 1 is 1.22 bits per heavy atom. The fourth-order valence-corrected chi connectivity index (χ4v) is 3.35. The van der Waals surface area contributed by atoms with Gasteiger partial charge in [0.2, 0.25) is 0 Å². The lowest BCUT2D eigenvalue weighted by molar-refractivity contribution is 0.0535. The molecule has 23 heavy (non-hydrogen) atoms. The zero-order valence-electron chi connectivity index (χ0n) is 14.0. The van der Waals surface area contributed by atoms with Crippen molar-refractivity contribution in [3.05, 3.63) is 42.0 Å². The van der Waals surface area contributed by atoms with Crippen LogP contribution in [0.2, 0.25) is 0 Å². The summed E-state index contributed by atoms with van der Waals surface area (Å²) in [7, 11) is 1.65. The fraction of sp³-hybridized carbons (Fsp3) is 0.421. The lowest BCUT2D eigenvalue weighted by atomic mass is 9.79. The van der Waals surface area contributed by atoms with E-state index in [0.29, 0.717) is 13.1 Å². The average Bonchev–Trinajstić information content (AvgIpc) is 2.55. The quantitative estimate of drug-likeness (QED) is 0.927. The lowest BCUT2D eigenvalue weighted by Gasteiger charge is -2.42. The Kier molecular flexibility index (Phi) is 4.02. The number of carbonyl (C=O) groups excluding carboxylic acids is 1. The summed E-state index contributed by atoms with van der Waals surface area (Å²) in [5.74, 6) is 0.863. The third-order valence-electron chi connectivity index (χ3n) is 4.93. The Balaban J connectivity index is 1.99. The minimum atomic E-state index is -0.0593. The summed E-state index contributed by atoms with van der Waals surface area (Å²) in [5.41, 5.74) is 6.86. The molecule has 0 aliphatic carbocycles. The number of ether oxygens (including phenoxy) is 1. The van der Waals surface area contributed by atoms with Gasteiger partial charge in [0.05, 0.1) is 7.11 Å². The molecule has 2 N–H and O–H groups in total. The van der Waals surface area contributed by atoms with Gasteiger partial charge in [0, 0.05) is 30.1 Å². The maximum Gasteiger partial charge on any atom is 0.254 e. The predicted molar refractivity (Wildman–Crippen MR) is 92.8 cm³/mol. The van der Waals surface area contributed by atoms with Crippen molar-refractivity contribution < 1.29 is 9.53 Å². The zero-order valence-corrected chi connectivity index (χ0v) is 14.0. The maximum absolute atomic E-state index is 13.1. The van der Waals surface area contributed by atoms with Crippen LogP contribution in [0.5, 0.6) is 5.75 Å². The van der Waals surface area contributed by atoms with Gasteiger partial charge in [-0.3, -0.25) is 4.79 Å². The summed E-state index contributed by atoms with van der Waals surface area (Å²) >= 11 is 0. The molecule has 4 nitrogen and oxygen atoms in total. The highest BCUT2D eigenvalue weighted by molar-refractivity contribution is 6.08. The van der Waals surface area contributed by atoms with E-state index in [2.05, 4.69) is 13.8 Å². The SMILES string of the molecule is COc1ccc(C(=O)N2CCC(N)C(C)(C)C2)c2ccccc12. The van der Waals surface area contributed by atoms with Gasteiger partial charge in [0.25, 0.3) is 5.91 Å². The number of piperidine rings is 1. The second-order valence-corrected chi connectivity index (χ2v) is 6.97. The number of methoxy groups -OCH3 is 1. The van der Waals surface area contributed by atoms with Crippen LogP contribution in [-0.2, 0) is 0 Å². The van der Waals surface area contributed by atoms with Gasteiger partial charge in [-0.2, -0.15) is 0 Å². The van der Waals surface area contributed by atoms with Gasteiger partial charge in [-0.25, -0.2) is 0 Å². The normalized spacial score (nSPS) is 20.5. The van der Waals surface area contributed by atoms with Crippen molar-refractivity contribution in [2.75, 3.05) is 20.2 Å². The molecule has 0 saturated carbocycles. The van der Waals surface area contributed by atoms with Crippen LogP contribution in [0.25, 0.3) is 10.8 Å². The molecule has 1 aliphatic rings. The summed E-state index contributed by atoms with van der Waals surface area (Å²) in [6.07, 6.45) is 0.840. The first-order valence-electron chi connectivity index (χ1n) is 8.04. The first kappa shape index (κ1) is 15.8. The number of nitrogens with zero attached hydrogens (tertiary/aromatic N) is 1. The number of nitrogens with two attached hydrogens (primary N) is 1. The Labute approximate surface area is 137 Å². The molecular weight excluding hydrogens is 288 g/mol. The number of likely N-dealkylation sites (tertiary alicyclic amines) is 1. The molecule has 1 amide bonds. The van der Waals surface area contributed by atoms with Crippen LogP contribution in [0.3, 0.4) is 0 Å². The Morgan fingerprint density at radius 2 is 1.91 bits per heavy atom.